The van der Waals surface area contributed by atoms with E-state index in [4.69, 9.17) is 4.74 Å². The summed E-state index contributed by atoms with van der Waals surface area (Å²) in [6.07, 6.45) is 2.71. The number of methoxy groups -OCH3 is 1. The molecule has 0 aliphatic heterocycles. The molecule has 0 saturated heterocycles. The zero-order valence-corrected chi connectivity index (χ0v) is 12.6. The van der Waals surface area contributed by atoms with Gasteiger partial charge in [0.05, 0.1) is 7.11 Å². The Balaban J connectivity index is 1.90. The van der Waals surface area contributed by atoms with Gasteiger partial charge in [0.1, 0.15) is 5.75 Å². The Morgan fingerprint density at radius 1 is 1.26 bits per heavy atom. The molecular weight excluding hydrogens is 236 g/mol. The third-order valence-corrected chi connectivity index (χ3v) is 3.84. The van der Waals surface area contributed by atoms with Gasteiger partial charge in [-0.05, 0) is 50.9 Å². The summed E-state index contributed by atoms with van der Waals surface area (Å²) >= 11 is 0. The lowest BCUT2D eigenvalue weighted by Crippen LogP contribution is -2.30. The average molecular weight is 262 g/mol. The maximum Gasteiger partial charge on any atom is 0.123 e. The molecule has 1 fully saturated rings. The first kappa shape index (κ1) is 14.4. The molecule has 1 aromatic rings. The topological polar surface area (TPSA) is 24.5 Å². The van der Waals surface area contributed by atoms with Crippen LogP contribution in [0.15, 0.2) is 12.1 Å². The highest BCUT2D eigenvalue weighted by molar-refractivity contribution is 5.41. The molecule has 19 heavy (non-hydrogen) atoms. The average Bonchev–Trinajstić information content (AvgIpc) is 3.17. The van der Waals surface area contributed by atoms with Crippen molar-refractivity contribution < 1.29 is 4.74 Å². The Morgan fingerprint density at radius 2 is 1.95 bits per heavy atom. The van der Waals surface area contributed by atoms with E-state index in [2.05, 4.69) is 43.2 Å². The van der Waals surface area contributed by atoms with Crippen LogP contribution in [0, 0.1) is 13.8 Å². The maximum absolute atomic E-state index is 5.49. The van der Waals surface area contributed by atoms with Gasteiger partial charge in [-0.2, -0.15) is 0 Å². The molecule has 1 aliphatic carbocycles. The SMILES string of the molecule is COc1cc(C)c(C)cc1CN(C)CCNC1CC1. The van der Waals surface area contributed by atoms with Crippen LogP contribution in [0.2, 0.25) is 0 Å². The van der Waals surface area contributed by atoms with Crippen molar-refractivity contribution in [2.45, 2.75) is 39.3 Å². The van der Waals surface area contributed by atoms with Crippen LogP contribution in [-0.4, -0.2) is 38.2 Å². The minimum atomic E-state index is 0.796. The van der Waals surface area contributed by atoms with Gasteiger partial charge in [0.25, 0.3) is 0 Å². The second-order valence-corrected chi connectivity index (χ2v) is 5.71. The molecule has 0 heterocycles. The lowest BCUT2D eigenvalue weighted by Gasteiger charge is -2.19. The van der Waals surface area contributed by atoms with Crippen molar-refractivity contribution >= 4 is 0 Å². The Kier molecular flexibility index (Phi) is 4.83. The molecule has 0 amide bonds. The lowest BCUT2D eigenvalue weighted by molar-refractivity contribution is 0.315. The van der Waals surface area contributed by atoms with Gasteiger partial charge >= 0.3 is 0 Å². The van der Waals surface area contributed by atoms with E-state index < -0.39 is 0 Å². The minimum Gasteiger partial charge on any atom is -0.496 e. The van der Waals surface area contributed by atoms with E-state index in [1.54, 1.807) is 7.11 Å². The summed E-state index contributed by atoms with van der Waals surface area (Å²) in [5.74, 6) is 1.00. The van der Waals surface area contributed by atoms with Gasteiger partial charge < -0.3 is 15.0 Å². The molecule has 0 unspecified atom stereocenters. The largest absolute Gasteiger partial charge is 0.496 e. The normalized spacial score (nSPS) is 15.0. The van der Waals surface area contributed by atoms with E-state index in [1.807, 2.05) is 0 Å². The molecule has 2 rings (SSSR count). The highest BCUT2D eigenvalue weighted by atomic mass is 16.5. The van der Waals surface area contributed by atoms with Crippen LogP contribution in [0.3, 0.4) is 0 Å². The number of likely N-dealkylation sites (N-methyl/N-ethyl adjacent to an activating group) is 1. The van der Waals surface area contributed by atoms with Crippen molar-refractivity contribution in [1.82, 2.24) is 10.2 Å². The summed E-state index contributed by atoms with van der Waals surface area (Å²) in [4.78, 5) is 2.35. The van der Waals surface area contributed by atoms with Crippen molar-refractivity contribution in [3.8, 4) is 5.75 Å². The molecule has 1 aliphatic rings. The molecule has 1 N–H and O–H groups in total. The van der Waals surface area contributed by atoms with Crippen LogP contribution in [0.5, 0.6) is 5.75 Å². The van der Waals surface area contributed by atoms with Crippen LogP contribution in [0.25, 0.3) is 0 Å². The van der Waals surface area contributed by atoms with Gasteiger partial charge in [0, 0.05) is 31.2 Å². The fourth-order valence-electron chi connectivity index (χ4n) is 2.28. The molecule has 0 spiro atoms. The highest BCUT2D eigenvalue weighted by Crippen LogP contribution is 2.24. The van der Waals surface area contributed by atoms with Crippen molar-refractivity contribution in [2.24, 2.45) is 0 Å². The number of ether oxygens (including phenoxy) is 1. The number of hydrogen-bond donors (Lipinski definition) is 1. The molecule has 3 nitrogen and oxygen atoms in total. The van der Waals surface area contributed by atoms with E-state index in [0.717, 1.165) is 31.4 Å². The maximum atomic E-state index is 5.49. The van der Waals surface area contributed by atoms with Crippen molar-refractivity contribution in [2.75, 3.05) is 27.2 Å². The van der Waals surface area contributed by atoms with Crippen LogP contribution >= 0.6 is 0 Å². The standard InChI is InChI=1S/C16H26N2O/c1-12-9-14(16(19-4)10-13(12)2)11-18(3)8-7-17-15-5-6-15/h9-10,15,17H,5-8,11H2,1-4H3. The third kappa shape index (κ3) is 4.22. The number of aryl methyl sites for hydroxylation is 2. The zero-order chi connectivity index (χ0) is 13.8. The first-order valence-electron chi connectivity index (χ1n) is 7.16. The van der Waals surface area contributed by atoms with E-state index in [9.17, 15) is 0 Å². The van der Waals surface area contributed by atoms with E-state index in [-0.39, 0.29) is 0 Å². The van der Waals surface area contributed by atoms with Gasteiger partial charge in [-0.1, -0.05) is 6.07 Å². The predicted molar refractivity (Wildman–Crippen MR) is 79.8 cm³/mol. The highest BCUT2D eigenvalue weighted by Gasteiger charge is 2.19. The molecule has 0 radical (unpaired) electrons. The van der Waals surface area contributed by atoms with Crippen LogP contribution in [0.1, 0.15) is 29.5 Å². The molecule has 0 aromatic heterocycles. The van der Waals surface area contributed by atoms with E-state index >= 15 is 0 Å². The molecule has 0 bridgehead atoms. The summed E-state index contributed by atoms with van der Waals surface area (Å²) in [5, 5.41) is 3.55. The number of nitrogens with one attached hydrogen (secondary N) is 1. The summed E-state index contributed by atoms with van der Waals surface area (Å²) in [6.45, 7) is 7.38. The van der Waals surface area contributed by atoms with Crippen molar-refractivity contribution in [3.05, 3.63) is 28.8 Å². The van der Waals surface area contributed by atoms with Gasteiger partial charge in [-0.15, -0.1) is 0 Å². The van der Waals surface area contributed by atoms with Crippen molar-refractivity contribution in [3.63, 3.8) is 0 Å². The Morgan fingerprint density at radius 3 is 2.58 bits per heavy atom. The summed E-state index contributed by atoms with van der Waals surface area (Å²) in [5.41, 5.74) is 3.90. The van der Waals surface area contributed by atoms with Gasteiger partial charge in [0.2, 0.25) is 0 Å². The monoisotopic (exact) mass is 262 g/mol. The predicted octanol–water partition coefficient (Wildman–Crippen LogP) is 2.50. The van der Waals surface area contributed by atoms with Gasteiger partial charge in [-0.25, -0.2) is 0 Å². The molecule has 3 heteroatoms. The lowest BCUT2D eigenvalue weighted by atomic mass is 10.0. The molecule has 1 saturated carbocycles. The van der Waals surface area contributed by atoms with Crippen LogP contribution in [-0.2, 0) is 6.54 Å². The first-order valence-corrected chi connectivity index (χ1v) is 7.16. The third-order valence-electron chi connectivity index (χ3n) is 3.84. The summed E-state index contributed by atoms with van der Waals surface area (Å²) in [7, 11) is 3.92. The van der Waals surface area contributed by atoms with E-state index in [1.165, 1.54) is 29.5 Å². The second-order valence-electron chi connectivity index (χ2n) is 5.71. The number of hydrogen-bond acceptors (Lipinski definition) is 3. The van der Waals surface area contributed by atoms with E-state index in [0.29, 0.717) is 0 Å². The second kappa shape index (κ2) is 6.40. The molecular formula is C16H26N2O. The van der Waals surface area contributed by atoms with Crippen LogP contribution < -0.4 is 10.1 Å². The summed E-state index contributed by atoms with van der Waals surface area (Å²) < 4.78 is 5.49. The summed E-state index contributed by atoms with van der Waals surface area (Å²) in [6, 6.07) is 5.18. The number of nitrogens with zero attached hydrogens (tertiary/aromatic N) is 1. The quantitative estimate of drug-likeness (QED) is 0.817. The zero-order valence-electron chi connectivity index (χ0n) is 12.6. The fraction of sp³-hybridized carbons (Fsp3) is 0.625. The van der Waals surface area contributed by atoms with Gasteiger partial charge in [0.15, 0.2) is 0 Å². The first-order chi connectivity index (χ1) is 9.10. The Bertz CT molecular complexity index is 427. The molecule has 1 aromatic carbocycles. The van der Waals surface area contributed by atoms with Gasteiger partial charge in [-0.3, -0.25) is 0 Å². The number of benzene rings is 1. The van der Waals surface area contributed by atoms with Crippen LogP contribution in [0.4, 0.5) is 0 Å². The number of rotatable bonds is 7. The Labute approximate surface area is 116 Å². The van der Waals surface area contributed by atoms with Crippen molar-refractivity contribution in [1.29, 1.82) is 0 Å². The molecule has 0 atom stereocenters. The molecule has 106 valence electrons. The fourth-order valence-corrected chi connectivity index (χ4v) is 2.28. The Hall–Kier alpha value is -1.06. The minimum absolute atomic E-state index is 0.796. The smallest absolute Gasteiger partial charge is 0.123 e.